The molecular formula is C20H30IN5. The number of aliphatic imine (C=N–C) groups is 1. The lowest BCUT2D eigenvalue weighted by Crippen LogP contribution is -2.48. The minimum atomic E-state index is 0. The number of piperidine rings is 1. The summed E-state index contributed by atoms with van der Waals surface area (Å²) in [5.74, 6) is 1.62. The maximum atomic E-state index is 4.52. The van der Waals surface area contributed by atoms with Crippen molar-refractivity contribution in [1.82, 2.24) is 19.8 Å². The fourth-order valence-corrected chi connectivity index (χ4v) is 3.65. The summed E-state index contributed by atoms with van der Waals surface area (Å²) in [6.45, 7) is 9.44. The van der Waals surface area contributed by atoms with Crippen molar-refractivity contribution >= 4 is 29.9 Å². The summed E-state index contributed by atoms with van der Waals surface area (Å²) in [4.78, 5) is 11.1. The summed E-state index contributed by atoms with van der Waals surface area (Å²) in [7, 11) is 1.87. The van der Waals surface area contributed by atoms with Crippen LogP contribution in [0.25, 0.3) is 0 Å². The lowest BCUT2D eigenvalue weighted by molar-refractivity contribution is 0.189. The fourth-order valence-electron chi connectivity index (χ4n) is 3.65. The number of nitrogens with one attached hydrogen (secondary N) is 1. The van der Waals surface area contributed by atoms with Gasteiger partial charge in [0.15, 0.2) is 5.96 Å². The van der Waals surface area contributed by atoms with Crippen molar-refractivity contribution in [2.24, 2.45) is 10.9 Å². The Hall–Kier alpha value is -1.57. The highest BCUT2D eigenvalue weighted by molar-refractivity contribution is 14.0. The summed E-state index contributed by atoms with van der Waals surface area (Å²) in [6, 6.07) is 7.05. The van der Waals surface area contributed by atoms with Gasteiger partial charge in [-0.25, -0.2) is 4.98 Å². The van der Waals surface area contributed by atoms with Gasteiger partial charge in [-0.1, -0.05) is 30.7 Å². The molecule has 1 aliphatic heterocycles. The van der Waals surface area contributed by atoms with E-state index in [1.165, 1.54) is 16.7 Å². The van der Waals surface area contributed by atoms with Crippen molar-refractivity contribution in [3.05, 3.63) is 53.6 Å². The number of aryl methyl sites for hydroxylation is 2. The zero-order valence-corrected chi connectivity index (χ0v) is 18.5. The van der Waals surface area contributed by atoms with Crippen LogP contribution in [0.15, 0.2) is 41.9 Å². The first kappa shape index (κ1) is 20.7. The van der Waals surface area contributed by atoms with Crippen molar-refractivity contribution in [3.8, 4) is 0 Å². The average molecular weight is 467 g/mol. The molecule has 6 heteroatoms. The van der Waals surface area contributed by atoms with Gasteiger partial charge in [0, 0.05) is 39.1 Å². The maximum Gasteiger partial charge on any atom is 0.193 e. The van der Waals surface area contributed by atoms with E-state index in [2.05, 4.69) is 69.9 Å². The van der Waals surface area contributed by atoms with Gasteiger partial charge in [-0.2, -0.15) is 0 Å². The van der Waals surface area contributed by atoms with Gasteiger partial charge in [0.2, 0.25) is 0 Å². The van der Waals surface area contributed by atoms with E-state index in [1.807, 2.05) is 19.6 Å². The third-order valence-corrected chi connectivity index (χ3v) is 5.27. The Labute approximate surface area is 173 Å². The molecule has 1 aromatic heterocycles. The molecule has 26 heavy (non-hydrogen) atoms. The third-order valence-electron chi connectivity index (χ3n) is 5.27. The number of imidazole rings is 1. The highest BCUT2D eigenvalue weighted by atomic mass is 127. The van der Waals surface area contributed by atoms with Crippen molar-refractivity contribution < 1.29 is 0 Å². The Morgan fingerprint density at radius 2 is 2.15 bits per heavy atom. The van der Waals surface area contributed by atoms with Crippen molar-refractivity contribution in [3.63, 3.8) is 0 Å². The molecule has 2 aromatic rings. The Morgan fingerprint density at radius 3 is 2.81 bits per heavy atom. The van der Waals surface area contributed by atoms with E-state index in [0.717, 1.165) is 32.0 Å². The topological polar surface area (TPSA) is 45.5 Å². The smallest absolute Gasteiger partial charge is 0.193 e. The molecule has 0 bridgehead atoms. The number of guanidine groups is 1. The zero-order valence-electron chi connectivity index (χ0n) is 16.1. The first-order chi connectivity index (χ1) is 12.1. The number of hydrogen-bond donors (Lipinski definition) is 1. The second kappa shape index (κ2) is 9.39. The van der Waals surface area contributed by atoms with Crippen LogP contribution in [0.1, 0.15) is 36.1 Å². The summed E-state index contributed by atoms with van der Waals surface area (Å²) >= 11 is 0. The van der Waals surface area contributed by atoms with Crippen LogP contribution >= 0.6 is 24.0 Å². The molecule has 1 saturated heterocycles. The van der Waals surface area contributed by atoms with E-state index >= 15 is 0 Å². The first-order valence-electron chi connectivity index (χ1n) is 9.07. The van der Waals surface area contributed by atoms with E-state index in [4.69, 9.17) is 0 Å². The van der Waals surface area contributed by atoms with E-state index in [1.54, 1.807) is 0 Å². The molecule has 3 rings (SSSR count). The highest BCUT2D eigenvalue weighted by Gasteiger charge is 2.28. The van der Waals surface area contributed by atoms with E-state index < -0.39 is 0 Å². The summed E-state index contributed by atoms with van der Waals surface area (Å²) in [5.41, 5.74) is 3.95. The molecule has 0 saturated carbocycles. The number of benzene rings is 1. The molecule has 2 atom stereocenters. The second-order valence-electron chi connectivity index (χ2n) is 7.12. The summed E-state index contributed by atoms with van der Waals surface area (Å²) in [5, 5.41) is 3.55. The maximum absolute atomic E-state index is 4.52. The molecule has 2 heterocycles. The molecule has 142 valence electrons. The predicted octanol–water partition coefficient (Wildman–Crippen LogP) is 3.78. The van der Waals surface area contributed by atoms with Gasteiger partial charge in [-0.15, -0.1) is 24.0 Å². The van der Waals surface area contributed by atoms with Crippen molar-refractivity contribution in [2.75, 3.05) is 20.1 Å². The highest BCUT2D eigenvalue weighted by Crippen LogP contribution is 2.27. The number of nitrogens with zero attached hydrogens (tertiary/aromatic N) is 4. The Morgan fingerprint density at radius 1 is 1.35 bits per heavy atom. The quantitative estimate of drug-likeness (QED) is 0.425. The number of aromatic nitrogens is 2. The molecule has 1 aliphatic rings. The Bertz CT molecular complexity index is 726. The van der Waals surface area contributed by atoms with Crippen LogP contribution in [-0.2, 0) is 6.54 Å². The van der Waals surface area contributed by atoms with Crippen LogP contribution < -0.4 is 5.32 Å². The van der Waals surface area contributed by atoms with Crippen LogP contribution in [0.2, 0.25) is 0 Å². The third kappa shape index (κ3) is 4.78. The molecular weight excluding hydrogens is 437 g/mol. The van der Waals surface area contributed by atoms with E-state index in [-0.39, 0.29) is 24.0 Å². The molecule has 1 N–H and O–H groups in total. The zero-order chi connectivity index (χ0) is 17.8. The summed E-state index contributed by atoms with van der Waals surface area (Å²) < 4.78 is 2.23. The molecule has 5 nitrogen and oxygen atoms in total. The normalized spacial score (nSPS) is 20.6. The van der Waals surface area contributed by atoms with Crippen LogP contribution in [0.4, 0.5) is 0 Å². The average Bonchev–Trinajstić information content (AvgIpc) is 3.12. The molecule has 1 fully saturated rings. The molecule has 2 unspecified atom stereocenters. The standard InChI is InChI=1S/C20H29N5.HI/c1-15-5-6-18(17(3)11-15)12-23-20(21-4)24-9-7-16(2)19(13-24)25-10-8-22-14-25;/h5-6,8,10-11,14,16,19H,7,9,12-13H2,1-4H3,(H,21,23);1H. The predicted molar refractivity (Wildman–Crippen MR) is 118 cm³/mol. The Kier molecular flexibility index (Phi) is 7.49. The lowest BCUT2D eigenvalue weighted by Gasteiger charge is -2.39. The summed E-state index contributed by atoms with van der Waals surface area (Å²) in [6.07, 6.45) is 7.01. The second-order valence-corrected chi connectivity index (χ2v) is 7.12. The molecule has 0 amide bonds. The SMILES string of the molecule is CN=C(NCc1ccc(C)cc1C)N1CCC(C)C(n2ccnc2)C1.I. The van der Waals surface area contributed by atoms with Gasteiger partial charge >= 0.3 is 0 Å². The largest absolute Gasteiger partial charge is 0.352 e. The van der Waals surface area contributed by atoms with Gasteiger partial charge in [-0.3, -0.25) is 4.99 Å². The lowest BCUT2D eigenvalue weighted by atomic mass is 9.93. The number of rotatable bonds is 3. The van der Waals surface area contributed by atoms with Crippen LogP contribution in [0, 0.1) is 19.8 Å². The van der Waals surface area contributed by atoms with Gasteiger partial charge < -0.3 is 14.8 Å². The molecule has 0 aliphatic carbocycles. The van der Waals surface area contributed by atoms with Crippen molar-refractivity contribution in [1.29, 1.82) is 0 Å². The minimum absolute atomic E-state index is 0. The van der Waals surface area contributed by atoms with Gasteiger partial charge in [0.25, 0.3) is 0 Å². The molecule has 1 aromatic carbocycles. The van der Waals surface area contributed by atoms with E-state index in [9.17, 15) is 0 Å². The van der Waals surface area contributed by atoms with Gasteiger partial charge in [-0.05, 0) is 37.3 Å². The number of halogens is 1. The fraction of sp³-hybridized carbons (Fsp3) is 0.500. The van der Waals surface area contributed by atoms with Gasteiger partial charge in [0.1, 0.15) is 0 Å². The number of hydrogen-bond acceptors (Lipinski definition) is 2. The Balaban J connectivity index is 0.00000243. The first-order valence-corrected chi connectivity index (χ1v) is 9.07. The minimum Gasteiger partial charge on any atom is -0.352 e. The van der Waals surface area contributed by atoms with E-state index in [0.29, 0.717) is 12.0 Å². The molecule has 0 radical (unpaired) electrons. The van der Waals surface area contributed by atoms with Crippen molar-refractivity contribution in [2.45, 2.75) is 39.8 Å². The number of likely N-dealkylation sites (tertiary alicyclic amines) is 1. The monoisotopic (exact) mass is 467 g/mol. The van der Waals surface area contributed by atoms with Crippen LogP contribution in [0.5, 0.6) is 0 Å². The van der Waals surface area contributed by atoms with Gasteiger partial charge in [0.05, 0.1) is 12.4 Å². The molecule has 0 spiro atoms. The van der Waals surface area contributed by atoms with Crippen LogP contribution in [-0.4, -0.2) is 40.5 Å². The van der Waals surface area contributed by atoms with Crippen LogP contribution in [0.3, 0.4) is 0 Å².